The van der Waals surface area contributed by atoms with Crippen LogP contribution in [0.3, 0.4) is 0 Å². The lowest BCUT2D eigenvalue weighted by Gasteiger charge is -2.12. The molecule has 26 heavy (non-hydrogen) atoms. The Morgan fingerprint density at radius 2 is 1.81 bits per heavy atom. The van der Waals surface area contributed by atoms with E-state index in [1.165, 1.54) is 5.56 Å². The van der Waals surface area contributed by atoms with Gasteiger partial charge in [0.1, 0.15) is 5.75 Å². The third kappa shape index (κ3) is 4.52. The number of rotatable bonds is 7. The van der Waals surface area contributed by atoms with Gasteiger partial charge in [-0.25, -0.2) is 15.0 Å². The highest BCUT2D eigenvalue weighted by Crippen LogP contribution is 2.21. The minimum Gasteiger partial charge on any atom is -0.496 e. The number of anilines is 1. The van der Waals surface area contributed by atoms with Gasteiger partial charge in [-0.15, -0.1) is 12.4 Å². The Morgan fingerprint density at radius 1 is 1.08 bits per heavy atom. The fourth-order valence-corrected chi connectivity index (χ4v) is 2.77. The number of para-hydroxylation sites is 1. The minimum absolute atomic E-state index is 0. The maximum absolute atomic E-state index is 5.42. The monoisotopic (exact) mass is 373 g/mol. The summed E-state index contributed by atoms with van der Waals surface area (Å²) in [5.74, 6) is 1.65. The van der Waals surface area contributed by atoms with Gasteiger partial charge < -0.3 is 14.2 Å². The van der Waals surface area contributed by atoms with E-state index >= 15 is 0 Å². The van der Waals surface area contributed by atoms with Crippen LogP contribution >= 0.6 is 12.4 Å². The number of nitrogens with zero attached hydrogens (tertiary/aromatic N) is 5. The van der Waals surface area contributed by atoms with Crippen LogP contribution in [0.4, 0.5) is 5.95 Å². The summed E-state index contributed by atoms with van der Waals surface area (Å²) >= 11 is 0. The zero-order valence-electron chi connectivity index (χ0n) is 15.3. The van der Waals surface area contributed by atoms with E-state index in [1.807, 2.05) is 62.1 Å². The van der Waals surface area contributed by atoms with Gasteiger partial charge in [0.25, 0.3) is 0 Å². The zero-order chi connectivity index (χ0) is 17.6. The average molecular weight is 374 g/mol. The molecule has 0 saturated carbocycles. The predicted molar refractivity (Wildman–Crippen MR) is 106 cm³/mol. The van der Waals surface area contributed by atoms with Gasteiger partial charge in [-0.3, -0.25) is 0 Å². The summed E-state index contributed by atoms with van der Waals surface area (Å²) in [4.78, 5) is 14.9. The van der Waals surface area contributed by atoms with Crippen molar-refractivity contribution in [1.82, 2.24) is 19.5 Å². The third-order valence-electron chi connectivity index (χ3n) is 4.08. The minimum atomic E-state index is 0. The molecule has 0 aliphatic rings. The molecule has 0 fully saturated rings. The SMILES string of the molecule is COc1ccccc1CCCn1cncc1-c1cnc(N(C)C)nc1.Cl. The maximum Gasteiger partial charge on any atom is 0.224 e. The van der Waals surface area contributed by atoms with Crippen molar-refractivity contribution in [1.29, 1.82) is 0 Å². The van der Waals surface area contributed by atoms with Crippen molar-refractivity contribution in [2.75, 3.05) is 26.1 Å². The Hall–Kier alpha value is -2.60. The van der Waals surface area contributed by atoms with Crippen molar-refractivity contribution in [3.8, 4) is 17.0 Å². The number of benzene rings is 1. The molecule has 7 heteroatoms. The summed E-state index contributed by atoms with van der Waals surface area (Å²) in [5.41, 5.74) is 3.23. The molecule has 0 unspecified atom stereocenters. The molecule has 0 aliphatic carbocycles. The average Bonchev–Trinajstić information content (AvgIpc) is 3.10. The quantitative estimate of drug-likeness (QED) is 0.634. The molecule has 0 saturated heterocycles. The molecule has 0 aliphatic heterocycles. The molecule has 0 radical (unpaired) electrons. The van der Waals surface area contributed by atoms with Gasteiger partial charge in [-0.05, 0) is 24.5 Å². The molecular weight excluding hydrogens is 350 g/mol. The molecule has 0 N–H and O–H groups in total. The number of halogens is 1. The topological polar surface area (TPSA) is 56.1 Å². The molecule has 2 aromatic heterocycles. The van der Waals surface area contributed by atoms with Gasteiger partial charge in [0.2, 0.25) is 5.95 Å². The van der Waals surface area contributed by atoms with E-state index in [-0.39, 0.29) is 12.4 Å². The standard InChI is InChI=1S/C19H23N5O.ClH/c1-23(2)19-21-11-16(12-22-19)17-13-20-14-24(17)10-6-8-15-7-4-5-9-18(15)25-3;/h4-5,7,9,11-14H,6,8,10H2,1-3H3;1H. The first-order valence-corrected chi connectivity index (χ1v) is 8.31. The summed E-state index contributed by atoms with van der Waals surface area (Å²) in [7, 11) is 5.57. The number of imidazole rings is 1. The Labute approximate surface area is 160 Å². The Kier molecular flexibility index (Phi) is 6.97. The third-order valence-corrected chi connectivity index (χ3v) is 4.08. The second-order valence-corrected chi connectivity index (χ2v) is 6.05. The van der Waals surface area contributed by atoms with Crippen LogP contribution in [0.2, 0.25) is 0 Å². The number of methoxy groups -OCH3 is 1. The molecule has 0 atom stereocenters. The maximum atomic E-state index is 5.42. The molecule has 0 spiro atoms. The lowest BCUT2D eigenvalue weighted by atomic mass is 10.1. The highest BCUT2D eigenvalue weighted by Gasteiger charge is 2.08. The number of ether oxygens (including phenoxy) is 1. The lowest BCUT2D eigenvalue weighted by molar-refractivity contribution is 0.408. The highest BCUT2D eigenvalue weighted by atomic mass is 35.5. The highest BCUT2D eigenvalue weighted by molar-refractivity contribution is 5.85. The van der Waals surface area contributed by atoms with Gasteiger partial charge in [0, 0.05) is 38.6 Å². The summed E-state index contributed by atoms with van der Waals surface area (Å²) in [6.45, 7) is 0.878. The van der Waals surface area contributed by atoms with Gasteiger partial charge in [0.15, 0.2) is 0 Å². The lowest BCUT2D eigenvalue weighted by Crippen LogP contribution is -2.12. The van der Waals surface area contributed by atoms with Crippen molar-refractivity contribution in [2.45, 2.75) is 19.4 Å². The van der Waals surface area contributed by atoms with Gasteiger partial charge in [0.05, 0.1) is 25.3 Å². The number of aryl methyl sites for hydroxylation is 2. The van der Waals surface area contributed by atoms with Gasteiger partial charge in [-0.2, -0.15) is 0 Å². The van der Waals surface area contributed by atoms with E-state index in [0.29, 0.717) is 5.95 Å². The second-order valence-electron chi connectivity index (χ2n) is 6.05. The Morgan fingerprint density at radius 3 is 2.50 bits per heavy atom. The fraction of sp³-hybridized carbons (Fsp3) is 0.316. The van der Waals surface area contributed by atoms with Crippen LogP contribution in [0.15, 0.2) is 49.2 Å². The first-order chi connectivity index (χ1) is 12.2. The van der Waals surface area contributed by atoms with Crippen LogP contribution in [-0.4, -0.2) is 40.7 Å². The first kappa shape index (κ1) is 19.7. The number of aromatic nitrogens is 4. The largest absolute Gasteiger partial charge is 0.496 e. The van der Waals surface area contributed by atoms with Crippen LogP contribution in [0.25, 0.3) is 11.3 Å². The van der Waals surface area contributed by atoms with Crippen LogP contribution in [-0.2, 0) is 13.0 Å². The smallest absolute Gasteiger partial charge is 0.224 e. The van der Waals surface area contributed by atoms with E-state index in [9.17, 15) is 0 Å². The van der Waals surface area contributed by atoms with E-state index in [2.05, 4.69) is 25.6 Å². The predicted octanol–water partition coefficient (Wildman–Crippen LogP) is 3.47. The van der Waals surface area contributed by atoms with Crippen LogP contribution in [0.1, 0.15) is 12.0 Å². The van der Waals surface area contributed by atoms with Crippen LogP contribution in [0, 0.1) is 0 Å². The molecule has 0 bridgehead atoms. The number of hydrogen-bond donors (Lipinski definition) is 0. The first-order valence-electron chi connectivity index (χ1n) is 8.31. The molecule has 2 heterocycles. The Bertz CT molecular complexity index is 817. The molecule has 3 aromatic rings. The summed E-state index contributed by atoms with van der Waals surface area (Å²) in [6.07, 6.45) is 9.36. The molecule has 6 nitrogen and oxygen atoms in total. The van der Waals surface area contributed by atoms with Gasteiger partial charge >= 0.3 is 0 Å². The van der Waals surface area contributed by atoms with E-state index in [0.717, 1.165) is 36.4 Å². The van der Waals surface area contributed by atoms with Crippen molar-refractivity contribution < 1.29 is 4.74 Å². The molecule has 138 valence electrons. The van der Waals surface area contributed by atoms with Crippen molar-refractivity contribution >= 4 is 18.4 Å². The summed E-state index contributed by atoms with van der Waals surface area (Å²) in [5, 5.41) is 0. The van der Waals surface area contributed by atoms with Crippen LogP contribution in [0.5, 0.6) is 5.75 Å². The summed E-state index contributed by atoms with van der Waals surface area (Å²) < 4.78 is 7.56. The molecule has 3 rings (SSSR count). The Balaban J connectivity index is 0.00000243. The van der Waals surface area contributed by atoms with Gasteiger partial charge in [-0.1, -0.05) is 18.2 Å². The normalized spacial score (nSPS) is 10.3. The fourth-order valence-electron chi connectivity index (χ4n) is 2.77. The van der Waals surface area contributed by atoms with E-state index in [4.69, 9.17) is 4.74 Å². The van der Waals surface area contributed by atoms with E-state index < -0.39 is 0 Å². The molecular formula is C19H24ClN5O. The molecule has 1 aromatic carbocycles. The zero-order valence-corrected chi connectivity index (χ0v) is 16.1. The number of hydrogen-bond acceptors (Lipinski definition) is 5. The van der Waals surface area contributed by atoms with Crippen molar-refractivity contribution in [3.63, 3.8) is 0 Å². The van der Waals surface area contributed by atoms with E-state index in [1.54, 1.807) is 7.11 Å². The second kappa shape index (κ2) is 9.20. The summed E-state index contributed by atoms with van der Waals surface area (Å²) in [6, 6.07) is 8.15. The molecule has 0 amide bonds. The van der Waals surface area contributed by atoms with Crippen molar-refractivity contribution in [2.24, 2.45) is 0 Å². The van der Waals surface area contributed by atoms with Crippen molar-refractivity contribution in [3.05, 3.63) is 54.7 Å². The van der Waals surface area contributed by atoms with Crippen LogP contribution < -0.4 is 9.64 Å².